The highest BCUT2D eigenvalue weighted by atomic mass is 35.5. The van der Waals surface area contributed by atoms with Crippen LogP contribution in [0, 0.1) is 11.8 Å². The van der Waals surface area contributed by atoms with E-state index in [1.165, 1.54) is 0 Å². The van der Waals surface area contributed by atoms with E-state index < -0.39 is 0 Å². The fourth-order valence-corrected chi connectivity index (χ4v) is 2.70. The largest absolute Gasteiger partial charge is 0.330 e. The summed E-state index contributed by atoms with van der Waals surface area (Å²) in [6.07, 6.45) is 4.00. The molecule has 108 valence electrons. The molecule has 1 fully saturated rings. The molecule has 0 radical (unpaired) electrons. The highest BCUT2D eigenvalue weighted by Crippen LogP contribution is 2.31. The Bertz CT molecular complexity index is 432. The number of aryl methyl sites for hydroxylation is 2. The molecule has 3 N–H and O–H groups in total. The van der Waals surface area contributed by atoms with Crippen molar-refractivity contribution in [1.29, 1.82) is 0 Å². The van der Waals surface area contributed by atoms with Crippen LogP contribution in [0.25, 0.3) is 0 Å². The molecule has 0 aromatic carbocycles. The van der Waals surface area contributed by atoms with Crippen LogP contribution in [0.4, 0.5) is 5.82 Å². The molecule has 5 nitrogen and oxygen atoms in total. The molecule has 1 aromatic heterocycles. The highest BCUT2D eigenvalue weighted by Gasteiger charge is 2.32. The number of nitrogens with zero attached hydrogens (tertiary/aromatic N) is 2. The lowest BCUT2D eigenvalue weighted by atomic mass is 9.95. The third kappa shape index (κ3) is 3.48. The van der Waals surface area contributed by atoms with Crippen molar-refractivity contribution in [2.75, 3.05) is 11.9 Å². The van der Waals surface area contributed by atoms with E-state index in [0.717, 1.165) is 37.2 Å². The van der Waals surface area contributed by atoms with Crippen molar-refractivity contribution in [2.45, 2.75) is 32.6 Å². The number of anilines is 1. The van der Waals surface area contributed by atoms with E-state index >= 15 is 0 Å². The van der Waals surface area contributed by atoms with Gasteiger partial charge in [-0.15, -0.1) is 12.4 Å². The maximum atomic E-state index is 12.2. The molecule has 2 atom stereocenters. The summed E-state index contributed by atoms with van der Waals surface area (Å²) in [4.78, 5) is 12.2. The van der Waals surface area contributed by atoms with Crippen molar-refractivity contribution in [3.63, 3.8) is 0 Å². The summed E-state index contributed by atoms with van der Waals surface area (Å²) in [5, 5.41) is 7.30. The Hall–Kier alpha value is -1.07. The molecular weight excluding hydrogens is 264 g/mol. The zero-order valence-electron chi connectivity index (χ0n) is 11.6. The summed E-state index contributed by atoms with van der Waals surface area (Å²) >= 11 is 0. The number of hydrogen-bond acceptors (Lipinski definition) is 3. The van der Waals surface area contributed by atoms with E-state index in [4.69, 9.17) is 5.73 Å². The van der Waals surface area contributed by atoms with Gasteiger partial charge in [-0.3, -0.25) is 9.48 Å². The van der Waals surface area contributed by atoms with Gasteiger partial charge in [0.2, 0.25) is 5.91 Å². The van der Waals surface area contributed by atoms with E-state index in [1.54, 1.807) is 4.68 Å². The number of carbonyl (C=O) groups is 1. The Labute approximate surface area is 120 Å². The van der Waals surface area contributed by atoms with Gasteiger partial charge in [0, 0.05) is 19.0 Å². The lowest BCUT2D eigenvalue weighted by Crippen LogP contribution is -2.30. The van der Waals surface area contributed by atoms with E-state index in [0.29, 0.717) is 12.5 Å². The fourth-order valence-electron chi connectivity index (χ4n) is 2.70. The van der Waals surface area contributed by atoms with Crippen LogP contribution in [0.15, 0.2) is 6.07 Å². The third-order valence-corrected chi connectivity index (χ3v) is 3.84. The summed E-state index contributed by atoms with van der Waals surface area (Å²) in [5.74, 6) is 1.27. The minimum atomic E-state index is 0. The Morgan fingerprint density at radius 2 is 2.32 bits per heavy atom. The number of aromatic nitrogens is 2. The number of rotatable bonds is 4. The van der Waals surface area contributed by atoms with Gasteiger partial charge in [-0.25, -0.2) is 0 Å². The molecule has 1 aromatic rings. The monoisotopic (exact) mass is 286 g/mol. The van der Waals surface area contributed by atoms with Gasteiger partial charge < -0.3 is 11.1 Å². The van der Waals surface area contributed by atoms with Crippen LogP contribution in [-0.4, -0.2) is 22.2 Å². The molecule has 1 heterocycles. The predicted octanol–water partition coefficient (Wildman–Crippen LogP) is 1.72. The molecule has 1 amide bonds. The minimum absolute atomic E-state index is 0. The molecule has 0 unspecified atom stereocenters. The average molecular weight is 287 g/mol. The fraction of sp³-hybridized carbons (Fsp3) is 0.692. The molecule has 1 saturated carbocycles. The number of halogens is 1. The number of nitrogens with one attached hydrogen (secondary N) is 1. The van der Waals surface area contributed by atoms with Crippen molar-refractivity contribution in [3.8, 4) is 0 Å². The number of carbonyl (C=O) groups excluding carboxylic acids is 1. The number of hydrogen-bond donors (Lipinski definition) is 2. The lowest BCUT2D eigenvalue weighted by Gasteiger charge is -2.17. The van der Waals surface area contributed by atoms with Crippen LogP contribution >= 0.6 is 12.4 Å². The van der Waals surface area contributed by atoms with Crippen LogP contribution in [-0.2, 0) is 18.3 Å². The van der Waals surface area contributed by atoms with E-state index in [2.05, 4.69) is 17.3 Å². The lowest BCUT2D eigenvalue weighted by molar-refractivity contribution is -0.120. The standard InChI is InChI=1S/C13H22N4O.ClH/c1-3-10-7-12(17(2)16-10)15-13(18)11-6-4-5-9(11)8-14;/h7,9,11H,3-6,8,14H2,1-2H3,(H,15,18);1H/t9-,11-;/m1./s1. The van der Waals surface area contributed by atoms with E-state index in [1.807, 2.05) is 13.1 Å². The van der Waals surface area contributed by atoms with E-state index in [9.17, 15) is 4.79 Å². The molecule has 6 heteroatoms. The molecule has 2 rings (SSSR count). The first-order valence-electron chi connectivity index (χ1n) is 6.69. The van der Waals surface area contributed by atoms with Crippen molar-refractivity contribution in [3.05, 3.63) is 11.8 Å². The topological polar surface area (TPSA) is 72.9 Å². The maximum absolute atomic E-state index is 12.2. The van der Waals surface area contributed by atoms with Gasteiger partial charge in [0.25, 0.3) is 0 Å². The zero-order valence-corrected chi connectivity index (χ0v) is 12.4. The van der Waals surface area contributed by atoms with Gasteiger partial charge >= 0.3 is 0 Å². The summed E-state index contributed by atoms with van der Waals surface area (Å²) in [6, 6.07) is 1.93. The van der Waals surface area contributed by atoms with Crippen LogP contribution in [0.2, 0.25) is 0 Å². The molecular formula is C13H23ClN4O. The maximum Gasteiger partial charge on any atom is 0.228 e. The molecule has 19 heavy (non-hydrogen) atoms. The normalized spacial score (nSPS) is 22.1. The SMILES string of the molecule is CCc1cc(NC(=O)[C@@H]2CCC[C@@H]2CN)n(C)n1.Cl. The summed E-state index contributed by atoms with van der Waals surface area (Å²) in [6.45, 7) is 2.65. The van der Waals surface area contributed by atoms with Crippen molar-refractivity contribution in [2.24, 2.45) is 24.6 Å². The summed E-state index contributed by atoms with van der Waals surface area (Å²) in [5.41, 5.74) is 6.71. The molecule has 1 aliphatic rings. The number of amides is 1. The van der Waals surface area contributed by atoms with Gasteiger partial charge in [-0.05, 0) is 31.7 Å². The smallest absolute Gasteiger partial charge is 0.228 e. The van der Waals surface area contributed by atoms with Crippen LogP contribution in [0.3, 0.4) is 0 Å². The average Bonchev–Trinajstić information content (AvgIpc) is 2.96. The first kappa shape index (κ1) is 16.0. The first-order valence-corrected chi connectivity index (χ1v) is 6.69. The van der Waals surface area contributed by atoms with Crippen LogP contribution in [0.1, 0.15) is 31.9 Å². The highest BCUT2D eigenvalue weighted by molar-refractivity contribution is 5.92. The van der Waals surface area contributed by atoms with Crippen molar-refractivity contribution in [1.82, 2.24) is 9.78 Å². The van der Waals surface area contributed by atoms with Crippen LogP contribution in [0.5, 0.6) is 0 Å². The van der Waals surface area contributed by atoms with Gasteiger partial charge in [-0.2, -0.15) is 5.10 Å². The Balaban J connectivity index is 0.00000180. The van der Waals surface area contributed by atoms with Gasteiger partial charge in [0.15, 0.2) is 0 Å². The first-order chi connectivity index (χ1) is 8.65. The van der Waals surface area contributed by atoms with Crippen molar-refractivity contribution < 1.29 is 4.79 Å². The molecule has 0 bridgehead atoms. The van der Waals surface area contributed by atoms with Gasteiger partial charge in [-0.1, -0.05) is 13.3 Å². The van der Waals surface area contributed by atoms with Gasteiger partial charge in [0.05, 0.1) is 5.69 Å². The second-order valence-electron chi connectivity index (χ2n) is 5.02. The second-order valence-corrected chi connectivity index (χ2v) is 5.02. The third-order valence-electron chi connectivity index (χ3n) is 3.84. The molecule has 0 spiro atoms. The van der Waals surface area contributed by atoms with Crippen LogP contribution < -0.4 is 11.1 Å². The molecule has 0 aliphatic heterocycles. The van der Waals surface area contributed by atoms with Crippen molar-refractivity contribution >= 4 is 24.1 Å². The Kier molecular flexibility index (Phi) is 5.82. The number of nitrogens with two attached hydrogens (primary N) is 1. The Morgan fingerprint density at radius 1 is 1.58 bits per heavy atom. The Morgan fingerprint density at radius 3 is 2.89 bits per heavy atom. The minimum Gasteiger partial charge on any atom is -0.330 e. The quantitative estimate of drug-likeness (QED) is 0.885. The predicted molar refractivity (Wildman–Crippen MR) is 78.3 cm³/mol. The molecule has 1 aliphatic carbocycles. The molecule has 0 saturated heterocycles. The van der Waals surface area contributed by atoms with Gasteiger partial charge in [0.1, 0.15) is 5.82 Å². The summed E-state index contributed by atoms with van der Waals surface area (Å²) < 4.78 is 1.73. The van der Waals surface area contributed by atoms with E-state index in [-0.39, 0.29) is 24.2 Å². The summed E-state index contributed by atoms with van der Waals surface area (Å²) in [7, 11) is 1.85. The second kappa shape index (κ2) is 6.91. The zero-order chi connectivity index (χ0) is 13.1.